The second-order valence-corrected chi connectivity index (χ2v) is 7.44. The van der Waals surface area contributed by atoms with Crippen LogP contribution in [0, 0.1) is 6.92 Å². The highest BCUT2D eigenvalue weighted by Gasteiger charge is 2.11. The van der Waals surface area contributed by atoms with E-state index in [0.717, 1.165) is 15.9 Å². The first-order chi connectivity index (χ1) is 13.7. The molecule has 0 saturated carbocycles. The van der Waals surface area contributed by atoms with Crippen LogP contribution in [-0.4, -0.2) is 20.2 Å². The third-order valence-corrected chi connectivity index (χ3v) is 4.75. The van der Waals surface area contributed by atoms with Gasteiger partial charge in [0, 0.05) is 29.0 Å². The minimum absolute atomic E-state index is 0.369. The maximum Gasteiger partial charge on any atom is 0.315 e. The fraction of sp³-hybridized carbons (Fsp3) is 0.111. The first-order valence-electron chi connectivity index (χ1n) is 8.29. The Morgan fingerprint density at radius 1 is 1.21 bits per heavy atom. The van der Waals surface area contributed by atoms with Crippen molar-refractivity contribution in [3.63, 3.8) is 0 Å². The topological polar surface area (TPSA) is 98.0 Å². The van der Waals surface area contributed by atoms with Crippen LogP contribution in [0.5, 0.6) is 11.5 Å². The van der Waals surface area contributed by atoms with Gasteiger partial charge in [0.05, 0.1) is 12.2 Å². The second kappa shape index (κ2) is 8.36. The number of hydrogen-bond acceptors (Lipinski definition) is 9. The predicted molar refractivity (Wildman–Crippen MR) is 110 cm³/mol. The van der Waals surface area contributed by atoms with E-state index in [1.165, 1.54) is 11.3 Å². The summed E-state index contributed by atoms with van der Waals surface area (Å²) in [7, 11) is 0. The summed E-state index contributed by atoms with van der Waals surface area (Å²) in [5.41, 5.74) is 0.839. The summed E-state index contributed by atoms with van der Waals surface area (Å²) in [6.45, 7) is 2.21. The lowest BCUT2D eigenvalue weighted by molar-refractivity contribution is 0.482. The molecule has 0 unspecified atom stereocenters. The van der Waals surface area contributed by atoms with Crippen molar-refractivity contribution in [2.24, 2.45) is 0 Å². The number of pyridine rings is 1. The van der Waals surface area contributed by atoms with Crippen LogP contribution in [0.1, 0.15) is 11.6 Å². The van der Waals surface area contributed by atoms with E-state index in [2.05, 4.69) is 46.7 Å². The van der Waals surface area contributed by atoms with E-state index >= 15 is 0 Å². The van der Waals surface area contributed by atoms with Crippen molar-refractivity contribution in [1.82, 2.24) is 20.2 Å². The normalized spacial score (nSPS) is 10.6. The molecule has 8 nitrogen and oxygen atoms in total. The highest BCUT2D eigenvalue weighted by molar-refractivity contribution is 9.10. The van der Waals surface area contributed by atoms with Crippen molar-refractivity contribution in [2.45, 2.75) is 13.5 Å². The Kier molecular flexibility index (Phi) is 5.49. The summed E-state index contributed by atoms with van der Waals surface area (Å²) >= 11 is 4.90. The molecule has 0 aliphatic carbocycles. The molecule has 4 aromatic rings. The highest BCUT2D eigenvalue weighted by Crippen LogP contribution is 2.33. The molecule has 0 atom stereocenters. The van der Waals surface area contributed by atoms with Crippen molar-refractivity contribution < 1.29 is 9.15 Å². The Labute approximate surface area is 173 Å². The zero-order valence-corrected chi connectivity index (χ0v) is 17.1. The summed E-state index contributed by atoms with van der Waals surface area (Å²) in [6.07, 6.45) is 1.70. The van der Waals surface area contributed by atoms with Crippen molar-refractivity contribution in [1.29, 1.82) is 0 Å². The van der Waals surface area contributed by atoms with E-state index in [4.69, 9.17) is 9.15 Å². The van der Waals surface area contributed by atoms with Gasteiger partial charge in [-0.15, -0.1) is 16.4 Å². The molecule has 0 spiro atoms. The number of halogens is 1. The Morgan fingerprint density at radius 2 is 2.07 bits per heavy atom. The Bertz CT molecular complexity index is 1070. The molecule has 3 aromatic heterocycles. The van der Waals surface area contributed by atoms with Gasteiger partial charge in [0.15, 0.2) is 16.7 Å². The maximum atomic E-state index is 5.96. The molecule has 142 valence electrons. The number of aryl methyl sites for hydroxylation is 1. The molecule has 3 heterocycles. The third kappa shape index (κ3) is 4.65. The lowest BCUT2D eigenvalue weighted by Crippen LogP contribution is -2.01. The average Bonchev–Trinajstić information content (AvgIpc) is 3.32. The van der Waals surface area contributed by atoms with Crippen LogP contribution in [0.3, 0.4) is 0 Å². The molecule has 0 aliphatic heterocycles. The van der Waals surface area contributed by atoms with Gasteiger partial charge in [0.2, 0.25) is 5.89 Å². The molecule has 0 radical (unpaired) electrons. The van der Waals surface area contributed by atoms with Gasteiger partial charge in [-0.2, -0.15) is 0 Å². The lowest BCUT2D eigenvalue weighted by Gasteiger charge is -2.11. The van der Waals surface area contributed by atoms with Crippen LogP contribution in [0.4, 0.5) is 17.0 Å². The first kappa shape index (κ1) is 18.4. The van der Waals surface area contributed by atoms with Crippen LogP contribution >= 0.6 is 27.3 Å². The number of nitrogens with one attached hydrogen (secondary N) is 2. The molecule has 28 heavy (non-hydrogen) atoms. The average molecular weight is 459 g/mol. The standard InChI is InChI=1S/C18H15BrN6O2S/c1-11-24-25-17(26-11)21-9-13-10-28-18(22-13)23-16-15(7-12(19)8-20-16)27-14-5-3-2-4-6-14/h2-8,10H,9H2,1H3,(H,21,25)(H,20,22,23). The van der Waals surface area contributed by atoms with Crippen LogP contribution in [-0.2, 0) is 6.54 Å². The summed E-state index contributed by atoms with van der Waals surface area (Å²) in [5, 5.41) is 16.6. The minimum Gasteiger partial charge on any atom is -0.453 e. The van der Waals surface area contributed by atoms with Crippen LogP contribution in [0.15, 0.2) is 56.9 Å². The molecule has 2 N–H and O–H groups in total. The fourth-order valence-electron chi connectivity index (χ4n) is 2.29. The molecule has 4 rings (SSSR count). The number of nitrogens with zero attached hydrogens (tertiary/aromatic N) is 4. The van der Waals surface area contributed by atoms with Crippen LogP contribution in [0.2, 0.25) is 0 Å². The molecule has 0 amide bonds. The highest BCUT2D eigenvalue weighted by atomic mass is 79.9. The molecule has 0 saturated heterocycles. The quantitative estimate of drug-likeness (QED) is 0.392. The monoisotopic (exact) mass is 458 g/mol. The van der Waals surface area contributed by atoms with Crippen LogP contribution in [0.25, 0.3) is 0 Å². The van der Waals surface area contributed by atoms with Crippen molar-refractivity contribution >= 4 is 44.2 Å². The number of ether oxygens (including phenoxy) is 1. The van der Waals surface area contributed by atoms with Crippen LogP contribution < -0.4 is 15.4 Å². The Hall–Kier alpha value is -2.98. The molecule has 10 heteroatoms. The summed E-state index contributed by atoms with van der Waals surface area (Å²) in [5.74, 6) is 2.41. The van der Waals surface area contributed by atoms with Crippen molar-refractivity contribution in [2.75, 3.05) is 10.6 Å². The van der Waals surface area contributed by atoms with Crippen molar-refractivity contribution in [3.8, 4) is 11.5 Å². The van der Waals surface area contributed by atoms with Gasteiger partial charge < -0.3 is 19.8 Å². The molecule has 1 aromatic carbocycles. The number of rotatable bonds is 7. The number of benzene rings is 1. The maximum absolute atomic E-state index is 5.96. The summed E-state index contributed by atoms with van der Waals surface area (Å²) < 4.78 is 12.1. The van der Waals surface area contributed by atoms with Gasteiger partial charge >= 0.3 is 6.01 Å². The third-order valence-electron chi connectivity index (χ3n) is 3.51. The van der Waals surface area contributed by atoms with E-state index in [9.17, 15) is 0 Å². The fourth-order valence-corrected chi connectivity index (χ4v) is 3.31. The predicted octanol–water partition coefficient (Wildman–Crippen LogP) is 5.14. The smallest absolute Gasteiger partial charge is 0.315 e. The van der Waals surface area contributed by atoms with Gasteiger partial charge in [-0.25, -0.2) is 9.97 Å². The van der Waals surface area contributed by atoms with E-state index < -0.39 is 0 Å². The molecular weight excluding hydrogens is 444 g/mol. The number of aromatic nitrogens is 4. The number of anilines is 3. The van der Waals surface area contributed by atoms with Gasteiger partial charge in [0.25, 0.3) is 0 Å². The van der Waals surface area contributed by atoms with Gasteiger partial charge in [-0.1, -0.05) is 23.3 Å². The largest absolute Gasteiger partial charge is 0.453 e. The lowest BCUT2D eigenvalue weighted by atomic mass is 10.3. The second-order valence-electron chi connectivity index (χ2n) is 5.66. The van der Waals surface area contributed by atoms with E-state index in [1.807, 2.05) is 41.8 Å². The molecular formula is C18H15BrN6O2S. The minimum atomic E-state index is 0.369. The number of hydrogen-bond donors (Lipinski definition) is 2. The Morgan fingerprint density at radius 3 is 2.86 bits per heavy atom. The first-order valence-corrected chi connectivity index (χ1v) is 9.97. The van der Waals surface area contributed by atoms with E-state index in [1.54, 1.807) is 13.1 Å². The molecule has 0 aliphatic rings. The Balaban J connectivity index is 1.46. The summed E-state index contributed by atoms with van der Waals surface area (Å²) in [6, 6.07) is 11.8. The molecule has 0 fully saturated rings. The number of thiazole rings is 1. The van der Waals surface area contributed by atoms with E-state index in [0.29, 0.717) is 35.1 Å². The van der Waals surface area contributed by atoms with Crippen molar-refractivity contribution in [3.05, 3.63) is 64.0 Å². The van der Waals surface area contributed by atoms with Gasteiger partial charge in [0.1, 0.15) is 5.75 Å². The SMILES string of the molecule is Cc1nnc(NCc2csc(Nc3ncc(Br)cc3Oc3ccccc3)n2)o1. The summed E-state index contributed by atoms with van der Waals surface area (Å²) in [4.78, 5) is 8.96. The van der Waals surface area contributed by atoms with E-state index in [-0.39, 0.29) is 0 Å². The van der Waals surface area contributed by atoms with Gasteiger partial charge in [-0.05, 0) is 28.1 Å². The zero-order valence-electron chi connectivity index (χ0n) is 14.7. The van der Waals surface area contributed by atoms with Gasteiger partial charge in [-0.3, -0.25) is 0 Å². The zero-order chi connectivity index (χ0) is 19.3. The molecule has 0 bridgehead atoms. The number of para-hydroxylation sites is 1.